The number of allylic oxidation sites excluding steroid dienone is 3. The quantitative estimate of drug-likeness (QED) is 0.398. The number of aliphatic hydroxyl groups is 3. The fourth-order valence-corrected chi connectivity index (χ4v) is 3.08. The summed E-state index contributed by atoms with van der Waals surface area (Å²) in [4.78, 5) is 0. The van der Waals surface area contributed by atoms with Gasteiger partial charge in [0.1, 0.15) is 0 Å². The van der Waals surface area contributed by atoms with Crippen molar-refractivity contribution in [3.05, 3.63) is 88.5 Å². The minimum absolute atomic E-state index is 0.0735. The normalized spacial score (nSPS) is 13.0. The molecule has 0 radical (unpaired) electrons. The molecule has 0 bridgehead atoms. The predicted molar refractivity (Wildman–Crippen MR) is 122 cm³/mol. The van der Waals surface area contributed by atoms with Crippen LogP contribution in [0.5, 0.6) is 0 Å². The highest BCUT2D eigenvalue weighted by Crippen LogP contribution is 2.20. The molecule has 0 aliphatic carbocycles. The third-order valence-electron chi connectivity index (χ3n) is 5.36. The molecule has 3 nitrogen and oxygen atoms in total. The molecule has 154 valence electrons. The second kappa shape index (κ2) is 10.9. The first-order valence-electron chi connectivity index (χ1n) is 10.1. The zero-order valence-electron chi connectivity index (χ0n) is 17.6. The third-order valence-corrected chi connectivity index (χ3v) is 5.36. The van der Waals surface area contributed by atoms with Gasteiger partial charge in [-0.25, -0.2) is 0 Å². The Morgan fingerprint density at radius 1 is 0.897 bits per heavy atom. The van der Waals surface area contributed by atoms with Crippen LogP contribution in [-0.4, -0.2) is 20.9 Å². The van der Waals surface area contributed by atoms with E-state index < -0.39 is 5.60 Å². The Morgan fingerprint density at radius 2 is 1.55 bits per heavy atom. The minimum Gasteiger partial charge on any atom is -0.392 e. The number of aliphatic hydroxyl groups excluding tert-OH is 2. The standard InChI is InChI=1S/C26H32O3/c1-4-26(29,5-2)15-7-8-20(3)23-10-6-9-21(16-23)11-12-22-13-14-24(18-27)25(17-22)19-28/h6-17,27-29H,4-5,18-19H2,1-3H3. The molecule has 0 aliphatic rings. The Bertz CT molecular complexity index is 887. The van der Waals surface area contributed by atoms with Crippen molar-refractivity contribution in [2.75, 3.05) is 0 Å². The van der Waals surface area contributed by atoms with E-state index in [-0.39, 0.29) is 13.2 Å². The van der Waals surface area contributed by atoms with E-state index in [2.05, 4.69) is 19.1 Å². The predicted octanol–water partition coefficient (Wildman–Crippen LogP) is 5.35. The van der Waals surface area contributed by atoms with Gasteiger partial charge in [0.25, 0.3) is 0 Å². The van der Waals surface area contributed by atoms with Crippen molar-refractivity contribution < 1.29 is 15.3 Å². The van der Waals surface area contributed by atoms with Gasteiger partial charge in [0.2, 0.25) is 0 Å². The topological polar surface area (TPSA) is 60.7 Å². The molecule has 0 aromatic heterocycles. The van der Waals surface area contributed by atoms with Crippen LogP contribution in [0.2, 0.25) is 0 Å². The summed E-state index contributed by atoms with van der Waals surface area (Å²) in [5.74, 6) is 0. The SMILES string of the molecule is CCC(O)(C=CC=C(C)c1cccc(C=Cc2ccc(CO)c(CO)c2)c1)CC. The van der Waals surface area contributed by atoms with Crippen LogP contribution < -0.4 is 0 Å². The van der Waals surface area contributed by atoms with Gasteiger partial charge < -0.3 is 15.3 Å². The first-order chi connectivity index (χ1) is 13.9. The molecule has 29 heavy (non-hydrogen) atoms. The first kappa shape index (κ1) is 22.8. The molecular weight excluding hydrogens is 360 g/mol. The van der Waals surface area contributed by atoms with E-state index in [4.69, 9.17) is 0 Å². The number of hydrogen-bond donors (Lipinski definition) is 3. The fraction of sp³-hybridized carbons (Fsp3) is 0.308. The zero-order valence-corrected chi connectivity index (χ0v) is 17.6. The van der Waals surface area contributed by atoms with E-state index >= 15 is 0 Å². The Kier molecular flexibility index (Phi) is 8.59. The number of hydrogen-bond acceptors (Lipinski definition) is 3. The van der Waals surface area contributed by atoms with Crippen LogP contribution in [0.25, 0.3) is 17.7 Å². The maximum atomic E-state index is 10.4. The molecule has 0 heterocycles. The molecule has 3 heteroatoms. The molecule has 0 unspecified atom stereocenters. The van der Waals surface area contributed by atoms with Gasteiger partial charge in [0.15, 0.2) is 0 Å². The van der Waals surface area contributed by atoms with E-state index in [1.807, 2.05) is 74.6 Å². The van der Waals surface area contributed by atoms with Gasteiger partial charge in [0, 0.05) is 0 Å². The molecule has 0 amide bonds. The Morgan fingerprint density at radius 3 is 2.17 bits per heavy atom. The molecule has 2 aromatic carbocycles. The van der Waals surface area contributed by atoms with E-state index in [0.717, 1.165) is 33.4 Å². The second-order valence-electron chi connectivity index (χ2n) is 7.32. The van der Waals surface area contributed by atoms with Crippen LogP contribution >= 0.6 is 0 Å². The van der Waals surface area contributed by atoms with Gasteiger partial charge in [-0.05, 0) is 65.3 Å². The van der Waals surface area contributed by atoms with Gasteiger partial charge in [-0.1, -0.05) is 74.6 Å². The summed E-state index contributed by atoms with van der Waals surface area (Å²) in [6.07, 6.45) is 11.3. The molecule has 3 N–H and O–H groups in total. The number of rotatable bonds is 9. The van der Waals surface area contributed by atoms with Crippen molar-refractivity contribution in [2.45, 2.75) is 52.4 Å². The Labute approximate surface area is 174 Å². The Balaban J connectivity index is 2.18. The summed E-state index contributed by atoms with van der Waals surface area (Å²) >= 11 is 0. The van der Waals surface area contributed by atoms with Crippen LogP contribution in [0.4, 0.5) is 0 Å². The molecule has 2 rings (SSSR count). The van der Waals surface area contributed by atoms with E-state index in [1.54, 1.807) is 0 Å². The molecule has 2 aromatic rings. The lowest BCUT2D eigenvalue weighted by atomic mass is 9.96. The molecular formula is C26H32O3. The highest BCUT2D eigenvalue weighted by molar-refractivity contribution is 5.73. The van der Waals surface area contributed by atoms with Gasteiger partial charge in [-0.2, -0.15) is 0 Å². The van der Waals surface area contributed by atoms with Crippen molar-refractivity contribution in [1.82, 2.24) is 0 Å². The zero-order chi connectivity index (χ0) is 21.3. The lowest BCUT2D eigenvalue weighted by molar-refractivity contribution is 0.0828. The number of benzene rings is 2. The summed E-state index contributed by atoms with van der Waals surface area (Å²) in [6.45, 7) is 5.87. The summed E-state index contributed by atoms with van der Waals surface area (Å²) in [7, 11) is 0. The smallest absolute Gasteiger partial charge is 0.0825 e. The summed E-state index contributed by atoms with van der Waals surface area (Å²) in [5, 5.41) is 29.1. The van der Waals surface area contributed by atoms with Gasteiger partial charge in [-0.15, -0.1) is 0 Å². The minimum atomic E-state index is -0.736. The van der Waals surface area contributed by atoms with Crippen molar-refractivity contribution in [1.29, 1.82) is 0 Å². The van der Waals surface area contributed by atoms with Gasteiger partial charge in [0.05, 0.1) is 18.8 Å². The van der Waals surface area contributed by atoms with Crippen LogP contribution in [0, 0.1) is 0 Å². The molecule has 0 aliphatic heterocycles. The van der Waals surface area contributed by atoms with Crippen LogP contribution in [0.3, 0.4) is 0 Å². The maximum absolute atomic E-state index is 10.4. The highest BCUT2D eigenvalue weighted by atomic mass is 16.3. The molecule has 0 spiro atoms. The van der Waals surface area contributed by atoms with E-state index in [0.29, 0.717) is 12.8 Å². The first-order valence-corrected chi connectivity index (χ1v) is 10.1. The largest absolute Gasteiger partial charge is 0.392 e. The third kappa shape index (κ3) is 6.53. The lowest BCUT2D eigenvalue weighted by Gasteiger charge is -2.19. The molecule has 0 saturated heterocycles. The van der Waals surface area contributed by atoms with E-state index in [9.17, 15) is 15.3 Å². The van der Waals surface area contributed by atoms with Crippen molar-refractivity contribution >= 4 is 17.7 Å². The average molecular weight is 393 g/mol. The van der Waals surface area contributed by atoms with Crippen molar-refractivity contribution in [3.8, 4) is 0 Å². The fourth-order valence-electron chi connectivity index (χ4n) is 3.08. The molecule has 0 atom stereocenters. The average Bonchev–Trinajstić information content (AvgIpc) is 2.77. The van der Waals surface area contributed by atoms with Crippen molar-refractivity contribution in [3.63, 3.8) is 0 Å². The monoisotopic (exact) mass is 392 g/mol. The van der Waals surface area contributed by atoms with Crippen LogP contribution in [-0.2, 0) is 13.2 Å². The molecule has 0 fully saturated rings. The van der Waals surface area contributed by atoms with Gasteiger partial charge >= 0.3 is 0 Å². The molecule has 0 saturated carbocycles. The lowest BCUT2D eigenvalue weighted by Crippen LogP contribution is -2.22. The maximum Gasteiger partial charge on any atom is 0.0825 e. The summed E-state index contributed by atoms with van der Waals surface area (Å²) < 4.78 is 0. The van der Waals surface area contributed by atoms with E-state index in [1.165, 1.54) is 0 Å². The summed E-state index contributed by atoms with van der Waals surface area (Å²) in [5.41, 5.74) is 5.06. The van der Waals surface area contributed by atoms with Crippen LogP contribution in [0.1, 0.15) is 61.4 Å². The highest BCUT2D eigenvalue weighted by Gasteiger charge is 2.16. The van der Waals surface area contributed by atoms with Crippen molar-refractivity contribution in [2.24, 2.45) is 0 Å². The summed E-state index contributed by atoms with van der Waals surface area (Å²) in [6, 6.07) is 13.9. The van der Waals surface area contributed by atoms with Crippen LogP contribution in [0.15, 0.2) is 60.7 Å². The second-order valence-corrected chi connectivity index (χ2v) is 7.32. The Hall–Kier alpha value is -2.46. The van der Waals surface area contributed by atoms with Gasteiger partial charge in [-0.3, -0.25) is 0 Å².